The summed E-state index contributed by atoms with van der Waals surface area (Å²) in [5.41, 5.74) is 1.99. The number of hydrogen-bond donors (Lipinski definition) is 3. The summed E-state index contributed by atoms with van der Waals surface area (Å²) < 4.78 is 11.0. The Bertz CT molecular complexity index is 827. The van der Waals surface area contributed by atoms with Crippen molar-refractivity contribution in [2.75, 3.05) is 13.7 Å². The maximum Gasteiger partial charge on any atom is 0.165 e. The molecule has 3 N–H and O–H groups in total. The van der Waals surface area contributed by atoms with Crippen LogP contribution >= 0.6 is 0 Å². The van der Waals surface area contributed by atoms with E-state index < -0.39 is 12.0 Å². The van der Waals surface area contributed by atoms with Crippen molar-refractivity contribution >= 4 is 12.4 Å². The Morgan fingerprint density at radius 2 is 2.00 bits per heavy atom. The first-order valence-corrected chi connectivity index (χ1v) is 7.72. The molecule has 1 heterocycles. The fourth-order valence-corrected chi connectivity index (χ4v) is 3.05. The van der Waals surface area contributed by atoms with Crippen LogP contribution in [0.15, 0.2) is 36.4 Å². The molecule has 0 radical (unpaired) electrons. The second-order valence-corrected chi connectivity index (χ2v) is 5.71. The van der Waals surface area contributed by atoms with Gasteiger partial charge in [-0.1, -0.05) is 12.1 Å². The smallest absolute Gasteiger partial charge is 0.165 e. The van der Waals surface area contributed by atoms with E-state index in [4.69, 9.17) is 9.47 Å². The average molecular weight is 342 g/mol. The zero-order valence-corrected chi connectivity index (χ0v) is 13.5. The monoisotopic (exact) mass is 342 g/mol. The number of hydrogen-bond acceptors (Lipinski definition) is 6. The predicted octanol–water partition coefficient (Wildman–Crippen LogP) is 2.53. The van der Waals surface area contributed by atoms with E-state index in [-0.39, 0.29) is 18.1 Å². The van der Waals surface area contributed by atoms with Crippen LogP contribution in [0, 0.1) is 0 Å². The summed E-state index contributed by atoms with van der Waals surface area (Å²) in [5.74, 6) is 0.146. The Kier molecular flexibility index (Phi) is 4.63. The Hall–Kier alpha value is -2.99. The number of carbonyl (C=O) groups is 1. The van der Waals surface area contributed by atoms with Crippen molar-refractivity contribution < 1.29 is 29.6 Å². The third-order valence-electron chi connectivity index (χ3n) is 4.23. The summed E-state index contributed by atoms with van der Waals surface area (Å²) >= 11 is 0. The van der Waals surface area contributed by atoms with E-state index in [0.717, 1.165) is 0 Å². The first kappa shape index (κ1) is 16.9. The van der Waals surface area contributed by atoms with Gasteiger partial charge in [0.2, 0.25) is 0 Å². The number of phenols is 2. The lowest BCUT2D eigenvalue weighted by Gasteiger charge is -2.18. The van der Waals surface area contributed by atoms with Crippen molar-refractivity contribution in [2.45, 2.75) is 12.0 Å². The van der Waals surface area contributed by atoms with E-state index in [1.165, 1.54) is 25.3 Å². The minimum absolute atomic E-state index is 0.00597. The normalized spacial score (nSPS) is 18.8. The molecule has 0 spiro atoms. The second kappa shape index (κ2) is 6.86. The van der Waals surface area contributed by atoms with Crippen LogP contribution in [-0.4, -0.2) is 35.3 Å². The molecule has 0 saturated heterocycles. The Morgan fingerprint density at radius 1 is 1.20 bits per heavy atom. The largest absolute Gasteiger partial charge is 0.504 e. The van der Waals surface area contributed by atoms with E-state index in [0.29, 0.717) is 34.5 Å². The fraction of sp³-hybridized carbons (Fsp3) is 0.211. The van der Waals surface area contributed by atoms with Gasteiger partial charge in [-0.05, 0) is 41.5 Å². The highest BCUT2D eigenvalue weighted by molar-refractivity contribution is 5.75. The standard InChI is InChI=1S/C19H18O6/c1-24-17-9-12(4-5-15(17)22)18-14(10-21)13-7-11(3-2-6-20)8-16(23)19(13)25-18/h2-9,14,18,21-23H,10H2,1H3/t14-,18-/m1/s1. The molecule has 0 aliphatic carbocycles. The minimum Gasteiger partial charge on any atom is -0.504 e. The third kappa shape index (κ3) is 3.04. The molecule has 0 bridgehead atoms. The highest BCUT2D eigenvalue weighted by Crippen LogP contribution is 2.51. The Morgan fingerprint density at radius 3 is 2.68 bits per heavy atom. The van der Waals surface area contributed by atoms with Crippen LogP contribution in [0.2, 0.25) is 0 Å². The molecule has 2 aromatic rings. The number of fused-ring (bicyclic) bond motifs is 1. The molecule has 0 saturated carbocycles. The average Bonchev–Trinajstić information content (AvgIpc) is 2.99. The summed E-state index contributed by atoms with van der Waals surface area (Å²) in [4.78, 5) is 10.5. The second-order valence-electron chi connectivity index (χ2n) is 5.71. The highest BCUT2D eigenvalue weighted by atomic mass is 16.5. The molecule has 0 amide bonds. The van der Waals surface area contributed by atoms with Crippen LogP contribution in [0.3, 0.4) is 0 Å². The summed E-state index contributed by atoms with van der Waals surface area (Å²) in [6.45, 7) is -0.193. The molecule has 0 aromatic heterocycles. The molecule has 0 unspecified atom stereocenters. The van der Waals surface area contributed by atoms with Crippen molar-refractivity contribution in [3.8, 4) is 23.0 Å². The third-order valence-corrected chi connectivity index (χ3v) is 4.23. The topological polar surface area (TPSA) is 96.2 Å². The number of rotatable bonds is 5. The van der Waals surface area contributed by atoms with E-state index in [9.17, 15) is 20.1 Å². The number of benzene rings is 2. The Balaban J connectivity index is 2.03. The lowest BCUT2D eigenvalue weighted by molar-refractivity contribution is -0.104. The van der Waals surface area contributed by atoms with Crippen molar-refractivity contribution in [1.82, 2.24) is 0 Å². The zero-order valence-electron chi connectivity index (χ0n) is 13.5. The van der Waals surface area contributed by atoms with Crippen molar-refractivity contribution in [2.24, 2.45) is 0 Å². The lowest BCUT2D eigenvalue weighted by atomic mass is 9.90. The van der Waals surface area contributed by atoms with Gasteiger partial charge >= 0.3 is 0 Å². The summed E-state index contributed by atoms with van der Waals surface area (Å²) in [6.07, 6.45) is 3.01. The number of aliphatic hydroxyl groups excluding tert-OH is 1. The van der Waals surface area contributed by atoms with Gasteiger partial charge in [-0.3, -0.25) is 4.79 Å². The number of ether oxygens (including phenoxy) is 2. The van der Waals surface area contributed by atoms with E-state index in [1.807, 2.05) is 0 Å². The van der Waals surface area contributed by atoms with Gasteiger partial charge in [0, 0.05) is 5.56 Å². The van der Waals surface area contributed by atoms with Crippen LogP contribution in [0.5, 0.6) is 23.0 Å². The molecule has 3 rings (SSSR count). The van der Waals surface area contributed by atoms with E-state index >= 15 is 0 Å². The number of aldehydes is 1. The molecule has 2 aromatic carbocycles. The van der Waals surface area contributed by atoms with Crippen molar-refractivity contribution in [3.05, 3.63) is 53.1 Å². The van der Waals surface area contributed by atoms with Crippen LogP contribution in [0.4, 0.5) is 0 Å². The van der Waals surface area contributed by atoms with Gasteiger partial charge < -0.3 is 24.8 Å². The minimum atomic E-state index is -0.536. The van der Waals surface area contributed by atoms with Crippen LogP contribution in [0.1, 0.15) is 28.7 Å². The quantitative estimate of drug-likeness (QED) is 0.571. The van der Waals surface area contributed by atoms with E-state index in [1.54, 1.807) is 24.3 Å². The van der Waals surface area contributed by atoms with Gasteiger partial charge in [-0.15, -0.1) is 0 Å². The maximum atomic E-state index is 10.5. The van der Waals surface area contributed by atoms with Crippen molar-refractivity contribution in [3.63, 3.8) is 0 Å². The predicted molar refractivity (Wildman–Crippen MR) is 91.1 cm³/mol. The van der Waals surface area contributed by atoms with Gasteiger partial charge in [0.25, 0.3) is 0 Å². The number of aromatic hydroxyl groups is 2. The number of allylic oxidation sites excluding steroid dienone is 1. The molecule has 6 nitrogen and oxygen atoms in total. The molecule has 1 aliphatic rings. The highest BCUT2D eigenvalue weighted by Gasteiger charge is 2.37. The first-order valence-electron chi connectivity index (χ1n) is 7.72. The van der Waals surface area contributed by atoms with Crippen LogP contribution < -0.4 is 9.47 Å². The molecular formula is C19H18O6. The molecule has 25 heavy (non-hydrogen) atoms. The lowest BCUT2D eigenvalue weighted by Crippen LogP contribution is -2.13. The molecule has 2 atom stereocenters. The number of carbonyl (C=O) groups excluding carboxylic acids is 1. The maximum absolute atomic E-state index is 10.5. The van der Waals surface area contributed by atoms with Gasteiger partial charge in [-0.25, -0.2) is 0 Å². The van der Waals surface area contributed by atoms with Gasteiger partial charge in [-0.2, -0.15) is 0 Å². The number of aliphatic hydroxyl groups is 1. The summed E-state index contributed by atoms with van der Waals surface area (Å²) in [5, 5.41) is 29.9. The molecule has 130 valence electrons. The SMILES string of the molecule is COc1cc([C@H]2Oc3c(O)cc(C=CC=O)cc3[C@H]2CO)ccc1O. The van der Waals surface area contributed by atoms with Gasteiger partial charge in [0.05, 0.1) is 19.6 Å². The fourth-order valence-electron chi connectivity index (χ4n) is 3.05. The number of methoxy groups -OCH3 is 1. The first-order chi connectivity index (χ1) is 12.1. The summed E-state index contributed by atoms with van der Waals surface area (Å²) in [6, 6.07) is 8.08. The van der Waals surface area contributed by atoms with Gasteiger partial charge in [0.15, 0.2) is 23.0 Å². The van der Waals surface area contributed by atoms with Crippen molar-refractivity contribution in [1.29, 1.82) is 0 Å². The van der Waals surface area contributed by atoms with Gasteiger partial charge in [0.1, 0.15) is 12.4 Å². The zero-order chi connectivity index (χ0) is 18.0. The number of phenolic OH excluding ortho intramolecular Hbond substituents is 2. The summed E-state index contributed by atoms with van der Waals surface area (Å²) in [7, 11) is 1.45. The van der Waals surface area contributed by atoms with Crippen LogP contribution in [0.25, 0.3) is 6.08 Å². The molecule has 0 fully saturated rings. The Labute approximate surface area is 144 Å². The van der Waals surface area contributed by atoms with E-state index in [2.05, 4.69) is 0 Å². The molecular weight excluding hydrogens is 324 g/mol. The molecule has 1 aliphatic heterocycles. The molecule has 6 heteroatoms. The van der Waals surface area contributed by atoms with Crippen LogP contribution in [-0.2, 0) is 4.79 Å².